The molecule has 2 heterocycles. The van der Waals surface area contributed by atoms with E-state index >= 15 is 0 Å². The molecule has 29 heavy (non-hydrogen) atoms. The van der Waals surface area contributed by atoms with Crippen molar-refractivity contribution in [1.82, 2.24) is 25.1 Å². The van der Waals surface area contributed by atoms with E-state index in [2.05, 4.69) is 62.7 Å². The summed E-state index contributed by atoms with van der Waals surface area (Å²) in [5.41, 5.74) is 5.52. The summed E-state index contributed by atoms with van der Waals surface area (Å²) < 4.78 is 0. The minimum Gasteiger partial charge on any atom is -0.352 e. The van der Waals surface area contributed by atoms with Crippen LogP contribution in [-0.4, -0.2) is 31.7 Å². The number of hydrogen-bond donors (Lipinski definition) is 1. The van der Waals surface area contributed by atoms with Crippen molar-refractivity contribution in [1.29, 1.82) is 0 Å². The predicted molar refractivity (Wildman–Crippen MR) is 114 cm³/mol. The summed E-state index contributed by atoms with van der Waals surface area (Å²) in [4.78, 5) is 14.0. The zero-order chi connectivity index (χ0) is 19.6. The van der Waals surface area contributed by atoms with Crippen molar-refractivity contribution in [3.8, 4) is 11.3 Å². The van der Waals surface area contributed by atoms with Gasteiger partial charge in [-0.25, -0.2) is 15.0 Å². The molecule has 6 nitrogen and oxygen atoms in total. The number of hydrogen-bond acceptors (Lipinski definition) is 6. The molecule has 6 heteroatoms. The average molecular weight is 382 g/mol. The van der Waals surface area contributed by atoms with Crippen molar-refractivity contribution in [2.45, 2.75) is 32.6 Å². The zero-order valence-corrected chi connectivity index (χ0v) is 16.4. The number of anilines is 1. The molecule has 0 atom stereocenters. The van der Waals surface area contributed by atoms with Crippen LogP contribution < -0.4 is 5.32 Å². The van der Waals surface area contributed by atoms with Gasteiger partial charge in [-0.1, -0.05) is 36.4 Å². The summed E-state index contributed by atoms with van der Waals surface area (Å²) >= 11 is 0. The molecule has 5 rings (SSSR count). The molecule has 4 aromatic rings. The van der Waals surface area contributed by atoms with Gasteiger partial charge in [0.2, 0.25) is 5.95 Å². The molecule has 1 aliphatic carbocycles. The Bertz CT molecular complexity index is 1190. The fraction of sp³-hybridized carbons (Fsp3) is 0.261. The van der Waals surface area contributed by atoms with Crippen LogP contribution in [0.5, 0.6) is 0 Å². The number of rotatable bonds is 5. The lowest BCUT2D eigenvalue weighted by Crippen LogP contribution is -2.12. The van der Waals surface area contributed by atoms with Crippen LogP contribution in [0.15, 0.2) is 48.7 Å². The molecule has 2 aromatic carbocycles. The topological polar surface area (TPSA) is 76.5 Å². The lowest BCUT2D eigenvalue weighted by molar-refractivity contribution is 0.837. The van der Waals surface area contributed by atoms with E-state index < -0.39 is 0 Å². The summed E-state index contributed by atoms with van der Waals surface area (Å²) in [7, 11) is 0. The van der Waals surface area contributed by atoms with Crippen molar-refractivity contribution in [3.05, 3.63) is 71.4 Å². The van der Waals surface area contributed by atoms with Gasteiger partial charge in [0.05, 0.1) is 11.9 Å². The second kappa shape index (κ2) is 7.54. The van der Waals surface area contributed by atoms with Gasteiger partial charge in [0.15, 0.2) is 0 Å². The van der Waals surface area contributed by atoms with E-state index in [1.807, 2.05) is 12.1 Å². The zero-order valence-electron chi connectivity index (χ0n) is 16.4. The third-order valence-corrected chi connectivity index (χ3v) is 5.42. The molecule has 2 aromatic heterocycles. The molecular weight excluding hydrogens is 360 g/mol. The Hall–Kier alpha value is -3.41. The van der Waals surface area contributed by atoms with Crippen molar-refractivity contribution in [2.24, 2.45) is 0 Å². The summed E-state index contributed by atoms with van der Waals surface area (Å²) in [6.45, 7) is 2.75. The quantitative estimate of drug-likeness (QED) is 0.563. The lowest BCUT2D eigenvalue weighted by atomic mass is 10.1. The second-order valence-electron chi connectivity index (χ2n) is 7.41. The number of benzene rings is 2. The van der Waals surface area contributed by atoms with E-state index in [0.29, 0.717) is 12.5 Å². The van der Waals surface area contributed by atoms with Crippen LogP contribution in [0, 0.1) is 6.92 Å². The lowest BCUT2D eigenvalue weighted by Gasteiger charge is -2.08. The molecule has 0 radical (unpaired) electrons. The third-order valence-electron chi connectivity index (χ3n) is 5.42. The molecule has 0 bridgehead atoms. The highest BCUT2D eigenvalue weighted by Crippen LogP contribution is 2.24. The molecule has 0 saturated heterocycles. The van der Waals surface area contributed by atoms with Gasteiger partial charge in [0, 0.05) is 29.9 Å². The first-order valence-corrected chi connectivity index (χ1v) is 10.0. The van der Waals surface area contributed by atoms with Crippen LogP contribution in [0.25, 0.3) is 22.0 Å². The van der Waals surface area contributed by atoms with Crippen molar-refractivity contribution < 1.29 is 0 Å². The van der Waals surface area contributed by atoms with Gasteiger partial charge in [-0.2, -0.15) is 5.10 Å². The van der Waals surface area contributed by atoms with Gasteiger partial charge in [-0.05, 0) is 48.6 Å². The minimum atomic E-state index is 0.522. The van der Waals surface area contributed by atoms with Crippen LogP contribution in [0.1, 0.15) is 29.2 Å². The monoisotopic (exact) mass is 382 g/mol. The van der Waals surface area contributed by atoms with Crippen LogP contribution in [-0.2, 0) is 19.3 Å². The van der Waals surface area contributed by atoms with E-state index in [9.17, 15) is 0 Å². The Morgan fingerprint density at radius 1 is 0.966 bits per heavy atom. The first kappa shape index (κ1) is 17.7. The molecular formula is C23H22N6. The van der Waals surface area contributed by atoms with Gasteiger partial charge in [-0.3, -0.25) is 0 Å². The Labute approximate surface area is 169 Å². The molecule has 0 spiro atoms. The molecule has 0 amide bonds. The average Bonchev–Trinajstić information content (AvgIpc) is 3.23. The van der Waals surface area contributed by atoms with E-state index in [0.717, 1.165) is 42.0 Å². The summed E-state index contributed by atoms with van der Waals surface area (Å²) in [6.07, 6.45) is 5.80. The van der Waals surface area contributed by atoms with Crippen LogP contribution >= 0.6 is 0 Å². The predicted octanol–water partition coefficient (Wildman–Crippen LogP) is 3.93. The third kappa shape index (κ3) is 3.66. The maximum absolute atomic E-state index is 4.73. The maximum atomic E-state index is 4.73. The number of nitrogens with one attached hydrogen (secondary N) is 1. The number of aromatic nitrogens is 5. The van der Waals surface area contributed by atoms with Gasteiger partial charge in [0.1, 0.15) is 5.82 Å². The van der Waals surface area contributed by atoms with Gasteiger partial charge in [0.25, 0.3) is 0 Å². The van der Waals surface area contributed by atoms with Crippen molar-refractivity contribution in [3.63, 3.8) is 0 Å². The molecule has 1 N–H and O–H groups in total. The molecule has 1 aliphatic rings. The van der Waals surface area contributed by atoms with Gasteiger partial charge in [-0.15, -0.1) is 5.10 Å². The van der Waals surface area contributed by atoms with Gasteiger partial charge >= 0.3 is 0 Å². The first-order valence-electron chi connectivity index (χ1n) is 10.0. The fourth-order valence-corrected chi connectivity index (χ4v) is 3.95. The van der Waals surface area contributed by atoms with Crippen LogP contribution in [0.3, 0.4) is 0 Å². The number of fused-ring (bicyclic) bond motifs is 2. The van der Waals surface area contributed by atoms with E-state index in [1.54, 1.807) is 6.20 Å². The summed E-state index contributed by atoms with van der Waals surface area (Å²) in [5, 5.41) is 13.9. The molecule has 0 aliphatic heterocycles. The number of aryl methyl sites for hydroxylation is 2. The maximum Gasteiger partial charge on any atom is 0.243 e. The normalized spacial score (nSPS) is 12.9. The highest BCUT2D eigenvalue weighted by molar-refractivity contribution is 5.86. The Morgan fingerprint density at radius 3 is 2.79 bits per heavy atom. The Morgan fingerprint density at radius 2 is 1.86 bits per heavy atom. The molecule has 144 valence electrons. The SMILES string of the molecule is Cc1nc(CCNc2nncc(-c3ccc4ccccc4c3)n2)nc2c1CCC2. The second-order valence-corrected chi connectivity index (χ2v) is 7.41. The van der Waals surface area contributed by atoms with Crippen molar-refractivity contribution >= 4 is 16.7 Å². The van der Waals surface area contributed by atoms with E-state index in [1.165, 1.54) is 28.5 Å². The van der Waals surface area contributed by atoms with Gasteiger partial charge < -0.3 is 5.32 Å². The fourth-order valence-electron chi connectivity index (χ4n) is 3.95. The largest absolute Gasteiger partial charge is 0.352 e. The summed E-state index contributed by atoms with van der Waals surface area (Å²) in [5.74, 6) is 1.41. The summed E-state index contributed by atoms with van der Waals surface area (Å²) in [6, 6.07) is 14.6. The smallest absolute Gasteiger partial charge is 0.243 e. The standard InChI is InChI=1S/C23H22N6/c1-15-19-7-4-8-20(19)27-22(26-15)11-12-24-23-28-21(14-25-29-23)18-10-9-16-5-2-3-6-17(16)13-18/h2-3,5-6,9-10,13-14H,4,7-8,11-12H2,1H3,(H,24,28,29). The number of nitrogens with zero attached hydrogens (tertiary/aromatic N) is 5. The molecule has 0 saturated carbocycles. The van der Waals surface area contributed by atoms with E-state index in [-0.39, 0.29) is 0 Å². The highest BCUT2D eigenvalue weighted by atomic mass is 15.2. The van der Waals surface area contributed by atoms with Crippen molar-refractivity contribution in [2.75, 3.05) is 11.9 Å². The van der Waals surface area contributed by atoms with E-state index in [4.69, 9.17) is 4.98 Å². The molecule has 0 unspecified atom stereocenters. The highest BCUT2D eigenvalue weighted by Gasteiger charge is 2.16. The Balaban J connectivity index is 1.29. The first-order chi connectivity index (χ1) is 14.3. The minimum absolute atomic E-state index is 0.522. The van der Waals surface area contributed by atoms with Crippen LogP contribution in [0.2, 0.25) is 0 Å². The molecule has 0 fully saturated rings. The Kier molecular flexibility index (Phi) is 4.60. The van der Waals surface area contributed by atoms with Crippen LogP contribution in [0.4, 0.5) is 5.95 Å².